The molecule has 0 bridgehead atoms. The SMILES string of the molecule is N#Cc1c(SCC(=N)N)nsc1S. The largest absolute Gasteiger partial charge is 0.387 e. The Bertz CT molecular complexity index is 364. The molecule has 0 spiro atoms. The number of thioether (sulfide) groups is 1. The van der Waals surface area contributed by atoms with Crippen LogP contribution in [-0.2, 0) is 0 Å². The first-order chi connectivity index (χ1) is 6.15. The minimum atomic E-state index is 0.0719. The molecule has 0 amide bonds. The molecule has 0 aliphatic carbocycles. The summed E-state index contributed by atoms with van der Waals surface area (Å²) < 4.78 is 4.62. The van der Waals surface area contributed by atoms with E-state index in [1.54, 1.807) is 0 Å². The Kier molecular flexibility index (Phi) is 3.59. The lowest BCUT2D eigenvalue weighted by atomic mass is 10.4. The topological polar surface area (TPSA) is 86.5 Å². The fourth-order valence-corrected chi connectivity index (χ4v) is 2.43. The summed E-state index contributed by atoms with van der Waals surface area (Å²) in [5.74, 6) is 0.425. The minimum Gasteiger partial charge on any atom is -0.387 e. The molecule has 1 rings (SSSR count). The lowest BCUT2D eigenvalue weighted by Crippen LogP contribution is -2.12. The quantitative estimate of drug-likeness (QED) is 0.316. The molecule has 13 heavy (non-hydrogen) atoms. The van der Waals surface area contributed by atoms with Crippen LogP contribution in [0.4, 0.5) is 0 Å². The summed E-state index contributed by atoms with van der Waals surface area (Å²) in [6.07, 6.45) is 0. The van der Waals surface area contributed by atoms with Crippen molar-refractivity contribution < 1.29 is 0 Å². The molecule has 0 saturated heterocycles. The molecule has 1 aromatic heterocycles. The van der Waals surface area contributed by atoms with Crippen LogP contribution in [0.2, 0.25) is 0 Å². The number of nitriles is 1. The molecular formula is C6H6N4S3. The molecule has 68 valence electrons. The summed E-state index contributed by atoms with van der Waals surface area (Å²) in [5, 5.41) is 16.3. The molecule has 3 N–H and O–H groups in total. The van der Waals surface area contributed by atoms with Crippen LogP contribution in [-0.4, -0.2) is 16.0 Å². The first-order valence-corrected chi connectivity index (χ1v) is 5.40. The normalized spacial score (nSPS) is 9.54. The van der Waals surface area contributed by atoms with Crippen molar-refractivity contribution in [1.29, 1.82) is 10.7 Å². The summed E-state index contributed by atoms with van der Waals surface area (Å²) >= 11 is 6.52. The monoisotopic (exact) mass is 230 g/mol. The predicted octanol–water partition coefficient (Wildman–Crippen LogP) is 1.33. The fourth-order valence-electron chi connectivity index (χ4n) is 0.608. The highest BCUT2D eigenvalue weighted by Crippen LogP contribution is 2.28. The molecular weight excluding hydrogens is 224 g/mol. The van der Waals surface area contributed by atoms with Gasteiger partial charge in [0.25, 0.3) is 0 Å². The third-order valence-electron chi connectivity index (χ3n) is 1.12. The van der Waals surface area contributed by atoms with Crippen molar-refractivity contribution in [2.45, 2.75) is 9.24 Å². The van der Waals surface area contributed by atoms with Crippen LogP contribution in [0.15, 0.2) is 9.24 Å². The standard InChI is InChI=1S/C6H6N4S3/c7-1-3-5(10-13-6(3)11)12-2-4(8)9/h11H,2H2,(H3,8,9). The van der Waals surface area contributed by atoms with E-state index in [2.05, 4.69) is 17.0 Å². The number of hydrogen-bond donors (Lipinski definition) is 3. The summed E-state index contributed by atoms with van der Waals surface area (Å²) in [6.45, 7) is 0. The molecule has 0 radical (unpaired) electrons. The van der Waals surface area contributed by atoms with Gasteiger partial charge in [0, 0.05) is 0 Å². The van der Waals surface area contributed by atoms with Crippen LogP contribution in [0.25, 0.3) is 0 Å². The first-order valence-electron chi connectivity index (χ1n) is 3.19. The van der Waals surface area contributed by atoms with Gasteiger partial charge in [-0.2, -0.15) is 9.64 Å². The molecule has 0 unspecified atom stereocenters. The van der Waals surface area contributed by atoms with E-state index in [4.69, 9.17) is 16.4 Å². The van der Waals surface area contributed by atoms with Gasteiger partial charge in [0.2, 0.25) is 0 Å². The van der Waals surface area contributed by atoms with E-state index in [9.17, 15) is 0 Å². The van der Waals surface area contributed by atoms with E-state index in [0.717, 1.165) is 0 Å². The molecule has 4 nitrogen and oxygen atoms in total. The number of aromatic nitrogens is 1. The molecule has 1 aromatic rings. The van der Waals surface area contributed by atoms with Crippen molar-refractivity contribution in [2.75, 3.05) is 5.75 Å². The number of hydrogen-bond acceptors (Lipinski definition) is 6. The summed E-state index contributed by atoms with van der Waals surface area (Å²) in [7, 11) is 0. The van der Waals surface area contributed by atoms with Crippen molar-refractivity contribution >= 4 is 41.8 Å². The van der Waals surface area contributed by atoms with Crippen LogP contribution >= 0.6 is 35.9 Å². The van der Waals surface area contributed by atoms with E-state index in [0.29, 0.717) is 20.6 Å². The van der Waals surface area contributed by atoms with E-state index in [-0.39, 0.29) is 5.84 Å². The van der Waals surface area contributed by atoms with Gasteiger partial charge < -0.3 is 5.73 Å². The first kappa shape index (κ1) is 10.4. The Hall–Kier alpha value is -0.710. The number of thiol groups is 1. The molecule has 0 aromatic carbocycles. The van der Waals surface area contributed by atoms with Crippen LogP contribution in [0.3, 0.4) is 0 Å². The maximum Gasteiger partial charge on any atom is 0.129 e. The van der Waals surface area contributed by atoms with Gasteiger partial charge in [0.1, 0.15) is 22.5 Å². The van der Waals surface area contributed by atoms with Crippen molar-refractivity contribution in [3.63, 3.8) is 0 Å². The molecule has 0 saturated carbocycles. The molecule has 0 aliphatic heterocycles. The van der Waals surface area contributed by atoms with Crippen LogP contribution in [0.1, 0.15) is 5.56 Å². The number of amidine groups is 1. The van der Waals surface area contributed by atoms with E-state index >= 15 is 0 Å². The van der Waals surface area contributed by atoms with Gasteiger partial charge in [-0.05, 0) is 11.5 Å². The van der Waals surface area contributed by atoms with E-state index in [1.165, 1.54) is 23.3 Å². The van der Waals surface area contributed by atoms with Gasteiger partial charge in [-0.25, -0.2) is 0 Å². The third kappa shape index (κ3) is 2.62. The lowest BCUT2D eigenvalue weighted by molar-refractivity contribution is 1.23. The second-order valence-electron chi connectivity index (χ2n) is 2.09. The Labute approximate surface area is 89.2 Å². The molecule has 0 aliphatic rings. The highest BCUT2D eigenvalue weighted by molar-refractivity contribution is 8.00. The number of rotatable bonds is 3. The van der Waals surface area contributed by atoms with Gasteiger partial charge in [-0.15, -0.1) is 12.6 Å². The minimum absolute atomic E-state index is 0.0719. The summed E-state index contributed by atoms with van der Waals surface area (Å²) in [5.41, 5.74) is 5.65. The molecule has 7 heteroatoms. The molecule has 1 heterocycles. The van der Waals surface area contributed by atoms with E-state index < -0.39 is 0 Å². The van der Waals surface area contributed by atoms with Crippen molar-refractivity contribution in [3.05, 3.63) is 5.56 Å². The average molecular weight is 230 g/mol. The Morgan fingerprint density at radius 3 is 3.08 bits per heavy atom. The third-order valence-corrected chi connectivity index (χ3v) is 3.38. The van der Waals surface area contributed by atoms with Gasteiger partial charge in [-0.1, -0.05) is 11.8 Å². The average Bonchev–Trinajstić information content (AvgIpc) is 2.42. The Morgan fingerprint density at radius 1 is 1.85 bits per heavy atom. The van der Waals surface area contributed by atoms with Crippen molar-refractivity contribution in [3.8, 4) is 6.07 Å². The zero-order valence-electron chi connectivity index (χ0n) is 6.44. The number of nitrogens with two attached hydrogens (primary N) is 1. The van der Waals surface area contributed by atoms with E-state index in [1.807, 2.05) is 6.07 Å². The highest BCUT2D eigenvalue weighted by Gasteiger charge is 2.11. The zero-order valence-corrected chi connectivity index (χ0v) is 8.97. The van der Waals surface area contributed by atoms with Gasteiger partial charge in [0.05, 0.1) is 9.96 Å². The van der Waals surface area contributed by atoms with Crippen molar-refractivity contribution in [2.24, 2.45) is 5.73 Å². The lowest BCUT2D eigenvalue weighted by Gasteiger charge is -1.94. The molecule has 0 atom stereocenters. The van der Waals surface area contributed by atoms with Crippen LogP contribution < -0.4 is 5.73 Å². The fraction of sp³-hybridized carbons (Fsp3) is 0.167. The number of nitrogens with zero attached hydrogens (tertiary/aromatic N) is 2. The Balaban J connectivity index is 2.78. The maximum absolute atomic E-state index is 8.72. The van der Waals surface area contributed by atoms with Crippen LogP contribution in [0.5, 0.6) is 0 Å². The smallest absolute Gasteiger partial charge is 0.129 e. The maximum atomic E-state index is 8.72. The summed E-state index contributed by atoms with van der Waals surface area (Å²) in [6, 6.07) is 2.01. The van der Waals surface area contributed by atoms with Gasteiger partial charge in [-0.3, -0.25) is 5.41 Å². The summed E-state index contributed by atoms with van der Waals surface area (Å²) in [4.78, 5) is 0. The number of nitrogens with one attached hydrogen (secondary N) is 1. The highest BCUT2D eigenvalue weighted by atomic mass is 32.2. The zero-order chi connectivity index (χ0) is 9.84. The van der Waals surface area contributed by atoms with Crippen molar-refractivity contribution in [1.82, 2.24) is 4.37 Å². The second-order valence-corrected chi connectivity index (χ2v) is 4.58. The van der Waals surface area contributed by atoms with Gasteiger partial charge >= 0.3 is 0 Å². The second kappa shape index (κ2) is 4.50. The molecule has 0 fully saturated rings. The predicted molar refractivity (Wildman–Crippen MR) is 56.7 cm³/mol. The van der Waals surface area contributed by atoms with Crippen LogP contribution in [0, 0.1) is 16.7 Å². The van der Waals surface area contributed by atoms with Gasteiger partial charge in [0.15, 0.2) is 0 Å². The Morgan fingerprint density at radius 2 is 2.54 bits per heavy atom.